The Morgan fingerprint density at radius 2 is 1.74 bits per heavy atom. The molecule has 3 aromatic rings. The van der Waals surface area contributed by atoms with Gasteiger partial charge in [0.1, 0.15) is 12.4 Å². The maximum Gasteiger partial charge on any atom is 0.276 e. The van der Waals surface area contributed by atoms with Crippen molar-refractivity contribution in [3.63, 3.8) is 0 Å². The summed E-state index contributed by atoms with van der Waals surface area (Å²) in [5.41, 5.74) is 2.45. The first-order chi connectivity index (χ1) is 14.7. The Hall–Kier alpha value is -2.96. The van der Waals surface area contributed by atoms with Crippen LogP contribution in [0.2, 0.25) is 0 Å². The molecule has 0 radical (unpaired) electrons. The third-order valence-corrected chi connectivity index (χ3v) is 6.37. The Balaban J connectivity index is 1.64. The van der Waals surface area contributed by atoms with E-state index in [0.29, 0.717) is 23.8 Å². The number of carbonyl (C=O) groups excluding carboxylic acids is 1. The highest BCUT2D eigenvalue weighted by molar-refractivity contribution is 5.87. The summed E-state index contributed by atoms with van der Waals surface area (Å²) in [6.07, 6.45) is 2.79. The highest BCUT2D eigenvalue weighted by Crippen LogP contribution is 2.24. The van der Waals surface area contributed by atoms with E-state index in [1.54, 1.807) is 18.3 Å². The van der Waals surface area contributed by atoms with E-state index in [-0.39, 0.29) is 23.8 Å². The fourth-order valence-electron chi connectivity index (χ4n) is 4.86. The number of rotatable bonds is 4. The molecule has 1 saturated heterocycles. The molecule has 1 fully saturated rings. The predicted molar refractivity (Wildman–Crippen MR) is 118 cm³/mol. The van der Waals surface area contributed by atoms with Crippen LogP contribution >= 0.6 is 0 Å². The van der Waals surface area contributed by atoms with E-state index in [4.69, 9.17) is 0 Å². The molecule has 1 amide bonds. The van der Waals surface area contributed by atoms with Crippen molar-refractivity contribution in [2.24, 2.45) is 11.8 Å². The maximum atomic E-state index is 13.2. The van der Waals surface area contributed by atoms with E-state index in [0.717, 1.165) is 41.8 Å². The molecular weight excluding hydrogens is 395 g/mol. The first kappa shape index (κ1) is 21.3. The van der Waals surface area contributed by atoms with Gasteiger partial charge in [0.05, 0.1) is 11.6 Å². The van der Waals surface area contributed by atoms with Gasteiger partial charge in [0.25, 0.3) is 5.56 Å². The normalized spacial score (nSPS) is 19.2. The standard InChI is InChI=1S/C24H29FN4O2/c1-15-9-16(2)12-27(11-15)22(30)14-29-24(31)23-18(4)28(17(3)21(23)10-26-29)13-19-5-7-20(25)8-6-19/h5-8,10,15-16H,9,11-14H2,1-4H3/t15-,16-/m0/s1. The second-order valence-corrected chi connectivity index (χ2v) is 9.02. The van der Waals surface area contributed by atoms with Gasteiger partial charge in [0, 0.05) is 36.4 Å². The van der Waals surface area contributed by atoms with Gasteiger partial charge in [0.2, 0.25) is 5.91 Å². The van der Waals surface area contributed by atoms with Gasteiger partial charge in [-0.25, -0.2) is 9.07 Å². The van der Waals surface area contributed by atoms with Gasteiger partial charge in [-0.1, -0.05) is 26.0 Å². The molecule has 0 aliphatic carbocycles. The monoisotopic (exact) mass is 424 g/mol. The van der Waals surface area contributed by atoms with Crippen LogP contribution in [0.3, 0.4) is 0 Å². The number of aromatic nitrogens is 3. The fraction of sp³-hybridized carbons (Fsp3) is 0.458. The van der Waals surface area contributed by atoms with Crippen molar-refractivity contribution in [2.75, 3.05) is 13.1 Å². The number of fused-ring (bicyclic) bond motifs is 1. The van der Waals surface area contributed by atoms with Crippen LogP contribution in [0.5, 0.6) is 0 Å². The molecule has 2 atom stereocenters. The van der Waals surface area contributed by atoms with Crippen molar-refractivity contribution in [1.82, 2.24) is 19.2 Å². The number of hydrogen-bond acceptors (Lipinski definition) is 3. The summed E-state index contributed by atoms with van der Waals surface area (Å²) in [4.78, 5) is 27.9. The molecular formula is C24H29FN4O2. The second kappa shape index (κ2) is 8.29. The Bertz CT molecular complexity index is 1170. The number of aryl methyl sites for hydroxylation is 2. The summed E-state index contributed by atoms with van der Waals surface area (Å²) in [5, 5.41) is 5.68. The third kappa shape index (κ3) is 4.13. The molecule has 164 valence electrons. The van der Waals surface area contributed by atoms with Crippen LogP contribution < -0.4 is 5.56 Å². The lowest BCUT2D eigenvalue weighted by Gasteiger charge is -2.35. The Morgan fingerprint density at radius 1 is 1.10 bits per heavy atom. The summed E-state index contributed by atoms with van der Waals surface area (Å²) < 4.78 is 16.6. The molecule has 6 nitrogen and oxygen atoms in total. The van der Waals surface area contributed by atoms with Gasteiger partial charge in [-0.15, -0.1) is 0 Å². The molecule has 0 bridgehead atoms. The molecule has 0 unspecified atom stereocenters. The average Bonchev–Trinajstić information content (AvgIpc) is 2.96. The summed E-state index contributed by atoms with van der Waals surface area (Å²) in [5.74, 6) is 0.590. The quantitative estimate of drug-likeness (QED) is 0.644. The van der Waals surface area contributed by atoms with E-state index in [1.807, 2.05) is 23.3 Å². The van der Waals surface area contributed by atoms with E-state index < -0.39 is 0 Å². The number of nitrogens with zero attached hydrogens (tertiary/aromatic N) is 4. The van der Waals surface area contributed by atoms with E-state index >= 15 is 0 Å². The van der Waals surface area contributed by atoms with E-state index in [2.05, 4.69) is 18.9 Å². The van der Waals surface area contributed by atoms with Crippen molar-refractivity contribution in [2.45, 2.75) is 47.2 Å². The highest BCUT2D eigenvalue weighted by atomic mass is 19.1. The Labute approximate surface area is 181 Å². The zero-order valence-corrected chi connectivity index (χ0v) is 18.6. The number of amides is 1. The summed E-state index contributed by atoms with van der Waals surface area (Å²) in [6.45, 7) is 10.1. The molecule has 2 aromatic heterocycles. The van der Waals surface area contributed by atoms with Gasteiger partial charge in [-0.2, -0.15) is 5.10 Å². The lowest BCUT2D eigenvalue weighted by atomic mass is 9.92. The van der Waals surface area contributed by atoms with E-state index in [1.165, 1.54) is 16.8 Å². The fourth-order valence-corrected chi connectivity index (χ4v) is 4.86. The number of halogens is 1. The number of likely N-dealkylation sites (tertiary alicyclic amines) is 1. The number of carbonyl (C=O) groups is 1. The van der Waals surface area contributed by atoms with Crippen LogP contribution in [0.4, 0.5) is 4.39 Å². The zero-order valence-electron chi connectivity index (χ0n) is 18.6. The van der Waals surface area contributed by atoms with Gasteiger partial charge < -0.3 is 9.47 Å². The van der Waals surface area contributed by atoms with Crippen molar-refractivity contribution in [1.29, 1.82) is 0 Å². The Morgan fingerprint density at radius 3 is 2.39 bits per heavy atom. The lowest BCUT2D eigenvalue weighted by Crippen LogP contribution is -2.45. The topological polar surface area (TPSA) is 60.1 Å². The van der Waals surface area contributed by atoms with Crippen molar-refractivity contribution >= 4 is 16.7 Å². The molecule has 7 heteroatoms. The van der Waals surface area contributed by atoms with Crippen LogP contribution in [0.25, 0.3) is 10.8 Å². The molecule has 0 saturated carbocycles. The Kier molecular flexibility index (Phi) is 5.69. The first-order valence-electron chi connectivity index (χ1n) is 10.8. The minimum Gasteiger partial charge on any atom is -0.343 e. The molecule has 31 heavy (non-hydrogen) atoms. The molecule has 1 aliphatic rings. The lowest BCUT2D eigenvalue weighted by molar-refractivity contribution is -0.134. The maximum absolute atomic E-state index is 13.2. The van der Waals surface area contributed by atoms with Crippen LogP contribution in [-0.2, 0) is 17.9 Å². The smallest absolute Gasteiger partial charge is 0.276 e. The van der Waals surface area contributed by atoms with Crippen molar-refractivity contribution < 1.29 is 9.18 Å². The van der Waals surface area contributed by atoms with E-state index in [9.17, 15) is 14.0 Å². The minimum atomic E-state index is -0.274. The van der Waals surface area contributed by atoms with Crippen LogP contribution in [0, 0.1) is 31.5 Å². The molecule has 1 aromatic carbocycles. The number of hydrogen-bond donors (Lipinski definition) is 0. The zero-order chi connectivity index (χ0) is 22.3. The van der Waals surface area contributed by atoms with Crippen molar-refractivity contribution in [3.05, 3.63) is 63.6 Å². The molecule has 1 aliphatic heterocycles. The number of piperidine rings is 1. The second-order valence-electron chi connectivity index (χ2n) is 9.02. The molecule has 0 N–H and O–H groups in total. The SMILES string of the molecule is Cc1c2cnn(CC(=O)N3C[C@@H](C)C[C@H](C)C3)c(=O)c2c(C)n1Cc1ccc(F)cc1. The number of benzene rings is 1. The van der Waals surface area contributed by atoms with Crippen LogP contribution in [0.1, 0.15) is 37.2 Å². The van der Waals surface area contributed by atoms with Gasteiger partial charge in [0.15, 0.2) is 0 Å². The van der Waals surface area contributed by atoms with Crippen molar-refractivity contribution in [3.8, 4) is 0 Å². The highest BCUT2D eigenvalue weighted by Gasteiger charge is 2.26. The average molecular weight is 425 g/mol. The third-order valence-electron chi connectivity index (χ3n) is 6.37. The van der Waals surface area contributed by atoms with Gasteiger partial charge in [-0.05, 0) is 49.8 Å². The molecule has 4 rings (SSSR count). The van der Waals surface area contributed by atoms with Crippen LogP contribution in [-0.4, -0.2) is 38.2 Å². The van der Waals surface area contributed by atoms with Gasteiger partial charge >= 0.3 is 0 Å². The largest absolute Gasteiger partial charge is 0.343 e. The molecule has 3 heterocycles. The summed E-state index contributed by atoms with van der Waals surface area (Å²) in [7, 11) is 0. The first-order valence-corrected chi connectivity index (χ1v) is 10.8. The predicted octanol–water partition coefficient (Wildman–Crippen LogP) is 3.51. The summed E-state index contributed by atoms with van der Waals surface area (Å²) in [6, 6.07) is 6.36. The molecule has 0 spiro atoms. The van der Waals surface area contributed by atoms with Crippen LogP contribution in [0.15, 0.2) is 35.3 Å². The van der Waals surface area contributed by atoms with Gasteiger partial charge in [-0.3, -0.25) is 9.59 Å². The summed E-state index contributed by atoms with van der Waals surface area (Å²) >= 11 is 0. The minimum absolute atomic E-state index is 0.0458.